The van der Waals surface area contributed by atoms with E-state index in [0.717, 1.165) is 16.9 Å². The fourth-order valence-electron chi connectivity index (χ4n) is 4.52. The molecule has 1 fully saturated rings. The fraction of sp³-hybridized carbons (Fsp3) is 0.269. The number of likely N-dealkylation sites (tertiary alicyclic amines) is 1. The largest absolute Gasteiger partial charge is 0.454 e. The van der Waals surface area contributed by atoms with E-state index >= 15 is 0 Å². The predicted octanol–water partition coefficient (Wildman–Crippen LogP) is 6.42. The van der Waals surface area contributed by atoms with E-state index in [1.165, 1.54) is 55.4 Å². The lowest BCUT2D eigenvalue weighted by atomic mass is 10.1. The quantitative estimate of drug-likeness (QED) is 0.302. The van der Waals surface area contributed by atoms with Gasteiger partial charge in [0.2, 0.25) is 6.79 Å². The average molecular weight is 519 g/mol. The molecular weight excluding hydrogens is 496 g/mol. The van der Waals surface area contributed by atoms with E-state index in [9.17, 15) is 5.26 Å². The van der Waals surface area contributed by atoms with Crippen LogP contribution >= 0.6 is 22.9 Å². The van der Waals surface area contributed by atoms with E-state index in [2.05, 4.69) is 55.8 Å². The molecule has 2 aromatic carbocycles. The molecular formula is C26H23ClN6O2S. The van der Waals surface area contributed by atoms with Crippen molar-refractivity contribution in [3.8, 4) is 17.6 Å². The monoisotopic (exact) mass is 518 g/mol. The van der Waals surface area contributed by atoms with Gasteiger partial charge >= 0.3 is 0 Å². The van der Waals surface area contributed by atoms with Gasteiger partial charge in [0.1, 0.15) is 16.5 Å². The highest BCUT2D eigenvalue weighted by Crippen LogP contribution is 2.46. The van der Waals surface area contributed by atoms with Gasteiger partial charge in [0, 0.05) is 18.4 Å². The van der Waals surface area contributed by atoms with E-state index in [1.807, 2.05) is 0 Å². The molecule has 2 aromatic heterocycles. The third kappa shape index (κ3) is 4.51. The maximum atomic E-state index is 9.75. The first-order valence-corrected chi connectivity index (χ1v) is 13.0. The van der Waals surface area contributed by atoms with Crippen LogP contribution in [0.15, 0.2) is 42.6 Å². The van der Waals surface area contributed by atoms with Crippen LogP contribution in [0.2, 0.25) is 5.02 Å². The average Bonchev–Trinajstić information content (AvgIpc) is 3.54. The molecule has 0 spiro atoms. The fourth-order valence-corrected chi connectivity index (χ4v) is 5.66. The van der Waals surface area contributed by atoms with Gasteiger partial charge in [-0.3, -0.25) is 4.90 Å². The summed E-state index contributed by atoms with van der Waals surface area (Å²) in [5, 5.41) is 17.6. The van der Waals surface area contributed by atoms with Gasteiger partial charge in [-0.2, -0.15) is 10.2 Å². The highest BCUT2D eigenvalue weighted by atomic mass is 35.5. The van der Waals surface area contributed by atoms with Gasteiger partial charge in [-0.15, -0.1) is 0 Å². The van der Waals surface area contributed by atoms with Crippen LogP contribution in [0.5, 0.6) is 11.5 Å². The Morgan fingerprint density at radius 3 is 2.67 bits per heavy atom. The molecule has 4 aromatic rings. The lowest BCUT2D eigenvalue weighted by molar-refractivity contribution is 0.174. The number of nitriles is 1. The topological polar surface area (TPSA) is 95.3 Å². The summed E-state index contributed by atoms with van der Waals surface area (Å²) in [5.41, 5.74) is 4.29. The van der Waals surface area contributed by atoms with Crippen molar-refractivity contribution in [1.82, 2.24) is 14.9 Å². The second-order valence-corrected chi connectivity index (χ2v) is 10.2. The van der Waals surface area contributed by atoms with Crippen LogP contribution in [0.4, 0.5) is 22.2 Å². The number of rotatable bonds is 6. The maximum absolute atomic E-state index is 9.75. The molecule has 182 valence electrons. The molecule has 2 aliphatic rings. The van der Waals surface area contributed by atoms with Crippen LogP contribution < -0.4 is 20.1 Å². The number of nitrogens with zero attached hydrogens (tertiary/aromatic N) is 4. The number of piperidine rings is 1. The van der Waals surface area contributed by atoms with Crippen molar-refractivity contribution >= 4 is 55.5 Å². The molecule has 0 unspecified atom stereocenters. The first-order chi connectivity index (χ1) is 17.7. The van der Waals surface area contributed by atoms with Crippen LogP contribution in [0, 0.1) is 11.3 Å². The van der Waals surface area contributed by atoms with Gasteiger partial charge in [-0.05, 0) is 55.8 Å². The van der Waals surface area contributed by atoms with E-state index in [4.69, 9.17) is 21.1 Å². The van der Waals surface area contributed by atoms with Crippen LogP contribution in [0.25, 0.3) is 10.3 Å². The van der Waals surface area contributed by atoms with E-state index in [-0.39, 0.29) is 6.79 Å². The highest BCUT2D eigenvalue weighted by molar-refractivity contribution is 7.22. The molecule has 36 heavy (non-hydrogen) atoms. The van der Waals surface area contributed by atoms with Gasteiger partial charge in [-0.25, -0.2) is 4.98 Å². The van der Waals surface area contributed by atoms with E-state index < -0.39 is 0 Å². The van der Waals surface area contributed by atoms with E-state index in [0.29, 0.717) is 44.2 Å². The van der Waals surface area contributed by atoms with Crippen molar-refractivity contribution in [2.24, 2.45) is 0 Å². The molecule has 2 aliphatic heterocycles. The number of halogens is 1. The van der Waals surface area contributed by atoms with Gasteiger partial charge in [-0.1, -0.05) is 41.5 Å². The van der Waals surface area contributed by atoms with Gasteiger partial charge in [0.25, 0.3) is 0 Å². The number of aromatic nitrogens is 2. The Morgan fingerprint density at radius 2 is 1.86 bits per heavy atom. The van der Waals surface area contributed by atoms with Crippen LogP contribution in [0.1, 0.15) is 30.4 Å². The summed E-state index contributed by atoms with van der Waals surface area (Å²) < 4.78 is 11.8. The molecule has 6 rings (SSSR count). The standard InChI is InChI=1S/C26H23ClN6O2S/c27-19-8-9-20-23(35-15-34-20)22(19)31-21-17(12-28)13-29-25-24(21)36-26(32-25)30-18-6-4-16(5-7-18)14-33-10-2-1-3-11-33/h4-9,13H,1-3,10-11,14-15H2,(H2,29,30,31,32). The van der Waals surface area contributed by atoms with Crippen molar-refractivity contribution in [1.29, 1.82) is 5.26 Å². The number of thiazole rings is 1. The number of pyridine rings is 1. The maximum Gasteiger partial charge on any atom is 0.231 e. The minimum Gasteiger partial charge on any atom is -0.454 e. The Labute approximate surface area is 217 Å². The molecule has 4 heterocycles. The summed E-state index contributed by atoms with van der Waals surface area (Å²) >= 11 is 7.88. The molecule has 2 N–H and O–H groups in total. The normalized spacial score (nSPS) is 15.1. The van der Waals surface area contributed by atoms with Crippen molar-refractivity contribution < 1.29 is 9.47 Å². The minimum atomic E-state index is 0.118. The predicted molar refractivity (Wildman–Crippen MR) is 142 cm³/mol. The van der Waals surface area contributed by atoms with Crippen molar-refractivity contribution in [3.63, 3.8) is 0 Å². The molecule has 1 saturated heterocycles. The molecule has 0 bridgehead atoms. The Kier molecular flexibility index (Phi) is 6.23. The summed E-state index contributed by atoms with van der Waals surface area (Å²) in [5.74, 6) is 1.12. The summed E-state index contributed by atoms with van der Waals surface area (Å²) in [7, 11) is 0. The van der Waals surface area contributed by atoms with Crippen molar-refractivity contribution in [2.75, 3.05) is 30.5 Å². The highest BCUT2D eigenvalue weighted by Gasteiger charge is 2.23. The van der Waals surface area contributed by atoms with Crippen molar-refractivity contribution in [2.45, 2.75) is 25.8 Å². The van der Waals surface area contributed by atoms with Crippen molar-refractivity contribution in [3.05, 3.63) is 58.7 Å². The SMILES string of the molecule is N#Cc1cnc2nc(Nc3ccc(CN4CCCCC4)cc3)sc2c1Nc1c(Cl)ccc2c1OCO2. The van der Waals surface area contributed by atoms with Gasteiger partial charge in [0.15, 0.2) is 22.3 Å². The minimum absolute atomic E-state index is 0.118. The summed E-state index contributed by atoms with van der Waals surface area (Å²) in [6, 6.07) is 14.2. The number of ether oxygens (including phenoxy) is 2. The third-order valence-corrected chi connectivity index (χ3v) is 7.63. The first-order valence-electron chi connectivity index (χ1n) is 11.8. The Morgan fingerprint density at radius 1 is 1.03 bits per heavy atom. The number of nitrogens with one attached hydrogen (secondary N) is 2. The van der Waals surface area contributed by atoms with Gasteiger partial charge in [0.05, 0.1) is 16.3 Å². The Hall–Kier alpha value is -3.58. The molecule has 0 amide bonds. The zero-order chi connectivity index (χ0) is 24.5. The molecule has 8 nitrogen and oxygen atoms in total. The molecule has 0 aliphatic carbocycles. The smallest absolute Gasteiger partial charge is 0.231 e. The number of hydrogen-bond acceptors (Lipinski definition) is 9. The summed E-state index contributed by atoms with van der Waals surface area (Å²) in [6.45, 7) is 3.45. The molecule has 0 radical (unpaired) electrons. The summed E-state index contributed by atoms with van der Waals surface area (Å²) in [6.07, 6.45) is 5.43. The second kappa shape index (κ2) is 9.82. The molecule has 0 saturated carbocycles. The molecule has 0 atom stereocenters. The van der Waals surface area contributed by atoms with Crippen LogP contribution in [-0.4, -0.2) is 34.8 Å². The lowest BCUT2D eigenvalue weighted by Gasteiger charge is -2.26. The van der Waals surface area contributed by atoms with Crippen LogP contribution in [0.3, 0.4) is 0 Å². The zero-order valence-electron chi connectivity index (χ0n) is 19.4. The lowest BCUT2D eigenvalue weighted by Crippen LogP contribution is -2.28. The Bertz CT molecular complexity index is 1460. The number of hydrogen-bond donors (Lipinski definition) is 2. The number of fused-ring (bicyclic) bond motifs is 2. The second-order valence-electron chi connectivity index (χ2n) is 8.77. The van der Waals surface area contributed by atoms with Gasteiger partial charge < -0.3 is 20.1 Å². The van der Waals surface area contributed by atoms with Crippen LogP contribution in [-0.2, 0) is 6.54 Å². The third-order valence-electron chi connectivity index (χ3n) is 6.34. The summed E-state index contributed by atoms with van der Waals surface area (Å²) in [4.78, 5) is 11.6. The molecule has 10 heteroatoms. The number of benzene rings is 2. The number of anilines is 4. The first kappa shape index (κ1) is 22.9. The zero-order valence-corrected chi connectivity index (χ0v) is 21.0. The van der Waals surface area contributed by atoms with E-state index in [1.54, 1.807) is 12.1 Å². The Balaban J connectivity index is 1.26.